The van der Waals surface area contributed by atoms with Crippen molar-refractivity contribution >= 4 is 19.7 Å². The second-order valence-corrected chi connectivity index (χ2v) is 22.3. The van der Waals surface area contributed by atoms with Crippen LogP contribution in [-0.2, 0) is 27.9 Å². The summed E-state index contributed by atoms with van der Waals surface area (Å²) in [5.41, 5.74) is 0. The molecule has 3 atom stereocenters. The smallest absolute Gasteiger partial charge is 0.456 e. The fourth-order valence-corrected chi connectivity index (χ4v) is 8.85. The van der Waals surface area contributed by atoms with Crippen molar-refractivity contribution in [2.24, 2.45) is 0 Å². The van der Waals surface area contributed by atoms with Crippen LogP contribution in [0.4, 0.5) is 0 Å². The number of nitrogens with zero attached hydrogens (tertiary/aromatic N) is 1. The third-order valence-electron chi connectivity index (χ3n) is 12.7. The Labute approximate surface area is 432 Å². The maximum absolute atomic E-state index is 13.5. The van der Waals surface area contributed by atoms with Gasteiger partial charge in [-0.15, -0.1) is 0 Å². The Balaban J connectivity index is 5.33. The van der Waals surface area contributed by atoms with Crippen molar-refractivity contribution < 1.29 is 37.3 Å². The molecule has 3 unspecified atom stereocenters. The van der Waals surface area contributed by atoms with E-state index in [0.29, 0.717) is 17.4 Å². The number of carbonyl (C=O) groups excluding carboxylic acids is 2. The van der Waals surface area contributed by atoms with E-state index in [9.17, 15) is 19.0 Å². The first-order chi connectivity index (χ1) is 33.9. The van der Waals surface area contributed by atoms with E-state index in [1.165, 1.54) is 128 Å². The average Bonchev–Trinajstić information content (AvgIpc) is 3.32. The lowest BCUT2D eigenvalue weighted by atomic mass is 10.1. The Morgan fingerprint density at radius 1 is 0.500 bits per heavy atom. The molecular formula is C60H112N2O7P+. The van der Waals surface area contributed by atoms with Crippen molar-refractivity contribution in [2.75, 3.05) is 40.9 Å². The van der Waals surface area contributed by atoms with Crippen LogP contribution in [0.5, 0.6) is 0 Å². The third kappa shape index (κ3) is 50.6. The van der Waals surface area contributed by atoms with E-state index in [1.807, 2.05) is 33.3 Å². The van der Waals surface area contributed by atoms with Crippen LogP contribution >= 0.6 is 7.82 Å². The lowest BCUT2D eigenvalue weighted by molar-refractivity contribution is -0.870. The topological polar surface area (TPSA) is 111 Å². The molecule has 9 nitrogen and oxygen atoms in total. The number of rotatable bonds is 52. The molecule has 0 heterocycles. The number of phosphoric ester groups is 1. The maximum atomic E-state index is 13.5. The molecule has 0 bridgehead atoms. The van der Waals surface area contributed by atoms with Crippen molar-refractivity contribution in [2.45, 2.75) is 270 Å². The summed E-state index contributed by atoms with van der Waals surface area (Å²) in [6, 6.07) is -0.861. The van der Waals surface area contributed by atoms with Crippen LogP contribution in [0.15, 0.2) is 60.8 Å². The molecule has 408 valence electrons. The molecule has 0 aromatic carbocycles. The minimum absolute atomic E-state index is 0.0340. The van der Waals surface area contributed by atoms with Crippen LogP contribution in [0.3, 0.4) is 0 Å². The number of allylic oxidation sites excluding steroid dienone is 9. The predicted molar refractivity (Wildman–Crippen MR) is 300 cm³/mol. The lowest BCUT2D eigenvalue weighted by Gasteiger charge is -2.27. The molecule has 0 aliphatic carbocycles. The molecule has 0 saturated heterocycles. The summed E-state index contributed by atoms with van der Waals surface area (Å²) in [4.78, 5) is 37.6. The zero-order valence-corrected chi connectivity index (χ0v) is 47.4. The van der Waals surface area contributed by atoms with E-state index >= 15 is 0 Å². The lowest BCUT2D eigenvalue weighted by Crippen LogP contribution is -2.47. The molecule has 0 aliphatic heterocycles. The molecule has 0 aliphatic rings. The van der Waals surface area contributed by atoms with E-state index in [0.717, 1.165) is 96.3 Å². The molecule has 0 rings (SSSR count). The molecule has 0 spiro atoms. The number of unbranched alkanes of at least 4 members (excludes halogenated alkanes) is 28. The molecule has 2 N–H and O–H groups in total. The summed E-state index contributed by atoms with van der Waals surface area (Å²) >= 11 is 0. The minimum Gasteiger partial charge on any atom is -0.456 e. The number of amides is 1. The monoisotopic (exact) mass is 1000 g/mol. The molecular weight excluding hydrogens is 892 g/mol. The molecule has 10 heteroatoms. The number of phosphoric acid groups is 1. The average molecular weight is 1000 g/mol. The number of hydrogen-bond acceptors (Lipinski definition) is 6. The highest BCUT2D eigenvalue weighted by Gasteiger charge is 2.30. The van der Waals surface area contributed by atoms with Gasteiger partial charge in [0.1, 0.15) is 19.3 Å². The van der Waals surface area contributed by atoms with E-state index in [-0.39, 0.29) is 31.5 Å². The van der Waals surface area contributed by atoms with Gasteiger partial charge >= 0.3 is 13.8 Å². The van der Waals surface area contributed by atoms with Gasteiger partial charge < -0.3 is 19.4 Å². The van der Waals surface area contributed by atoms with Crippen LogP contribution in [0, 0.1) is 0 Å². The summed E-state index contributed by atoms with van der Waals surface area (Å²) < 4.78 is 30.6. The number of quaternary nitrogens is 1. The zero-order valence-electron chi connectivity index (χ0n) is 46.5. The van der Waals surface area contributed by atoms with Gasteiger partial charge in [-0.25, -0.2) is 4.57 Å². The molecule has 0 aromatic rings. The van der Waals surface area contributed by atoms with Gasteiger partial charge in [-0.2, -0.15) is 0 Å². The Morgan fingerprint density at radius 2 is 0.871 bits per heavy atom. The fraction of sp³-hybridized carbons (Fsp3) is 0.800. The summed E-state index contributed by atoms with van der Waals surface area (Å²) in [6.07, 6.45) is 62.1. The number of esters is 1. The standard InChI is InChI=1S/C60H111N2O7P/c1-7-10-13-16-19-22-25-27-29-30-31-32-33-35-38-41-44-47-50-53-60(64)69-58(51-48-45-42-39-36-24-21-18-15-12-9-3)57(56-68-70(65,66)67-55-54-62(4,5)6)61-59(63)52-49-46-43-40-37-34-28-26-23-20-17-14-11-8-2/h19,22,27,29,31-32,34,37,48,51,57-58H,7-18,20-21,23-26,28,30,33,35-36,38-47,49-50,52-56H2,1-6H3,(H-,61,63,65,66)/p+1/b22-19-,29-27-,32-31-,37-34-,51-48+. The number of ether oxygens (including phenoxy) is 1. The van der Waals surface area contributed by atoms with Crippen LogP contribution in [0.25, 0.3) is 0 Å². The fourth-order valence-electron chi connectivity index (χ4n) is 8.12. The van der Waals surface area contributed by atoms with Gasteiger partial charge in [0.25, 0.3) is 0 Å². The van der Waals surface area contributed by atoms with E-state index in [1.54, 1.807) is 0 Å². The van der Waals surface area contributed by atoms with E-state index < -0.39 is 20.0 Å². The van der Waals surface area contributed by atoms with Crippen LogP contribution < -0.4 is 5.32 Å². The van der Waals surface area contributed by atoms with Gasteiger partial charge in [0.05, 0.1) is 33.8 Å². The third-order valence-corrected chi connectivity index (χ3v) is 13.7. The van der Waals surface area contributed by atoms with Crippen LogP contribution in [-0.4, -0.2) is 74.3 Å². The normalized spacial score (nSPS) is 14.2. The number of likely N-dealkylation sites (N-methyl/N-ethyl adjacent to an activating group) is 1. The van der Waals surface area contributed by atoms with Crippen LogP contribution in [0.2, 0.25) is 0 Å². The minimum atomic E-state index is -4.45. The maximum Gasteiger partial charge on any atom is 0.472 e. The van der Waals surface area contributed by atoms with Gasteiger partial charge in [0.15, 0.2) is 0 Å². The highest BCUT2D eigenvalue weighted by molar-refractivity contribution is 7.47. The molecule has 0 radical (unpaired) electrons. The molecule has 0 fully saturated rings. The highest BCUT2D eigenvalue weighted by Crippen LogP contribution is 2.43. The van der Waals surface area contributed by atoms with E-state index in [2.05, 4.69) is 74.7 Å². The summed E-state index contributed by atoms with van der Waals surface area (Å²) in [5, 5.41) is 3.03. The van der Waals surface area contributed by atoms with Crippen molar-refractivity contribution in [3.8, 4) is 0 Å². The van der Waals surface area contributed by atoms with Crippen molar-refractivity contribution in [3.05, 3.63) is 60.8 Å². The largest absolute Gasteiger partial charge is 0.472 e. The molecule has 0 saturated carbocycles. The van der Waals surface area contributed by atoms with Crippen molar-refractivity contribution in [1.29, 1.82) is 0 Å². The van der Waals surface area contributed by atoms with Gasteiger partial charge in [0, 0.05) is 12.8 Å². The quantitative estimate of drug-likeness (QED) is 0.0205. The Kier molecular flexibility index (Phi) is 48.6. The summed E-state index contributed by atoms with van der Waals surface area (Å²) in [7, 11) is 1.48. The molecule has 0 aromatic heterocycles. The number of hydrogen-bond donors (Lipinski definition) is 2. The van der Waals surface area contributed by atoms with Crippen molar-refractivity contribution in [3.63, 3.8) is 0 Å². The first kappa shape index (κ1) is 67.7. The summed E-state index contributed by atoms with van der Waals surface area (Å²) in [5.74, 6) is -0.537. The first-order valence-electron chi connectivity index (χ1n) is 29.1. The van der Waals surface area contributed by atoms with Crippen molar-refractivity contribution in [1.82, 2.24) is 5.32 Å². The van der Waals surface area contributed by atoms with E-state index in [4.69, 9.17) is 13.8 Å². The highest BCUT2D eigenvalue weighted by atomic mass is 31.2. The molecule has 70 heavy (non-hydrogen) atoms. The zero-order chi connectivity index (χ0) is 51.5. The second kappa shape index (κ2) is 50.3. The Morgan fingerprint density at radius 3 is 1.36 bits per heavy atom. The number of carbonyl (C=O) groups is 2. The van der Waals surface area contributed by atoms with Gasteiger partial charge in [-0.3, -0.25) is 18.6 Å². The first-order valence-corrected chi connectivity index (χ1v) is 30.6. The second-order valence-electron chi connectivity index (χ2n) is 20.8. The van der Waals surface area contributed by atoms with Gasteiger partial charge in [0.2, 0.25) is 5.91 Å². The summed E-state index contributed by atoms with van der Waals surface area (Å²) in [6.45, 7) is 6.95. The van der Waals surface area contributed by atoms with Gasteiger partial charge in [-0.1, -0.05) is 210 Å². The Hall–Kier alpha value is -2.29. The van der Waals surface area contributed by atoms with Gasteiger partial charge in [-0.05, 0) is 96.0 Å². The SMILES string of the molecule is CCCCC/C=C\C/C=C\C/C=C\CCCCCCCCC(=O)OC(/C=C/CCCCCCCCCCC)C(COP(=O)(O)OCC[N+](C)(C)C)NC(=O)CCCCC/C=C\CCCCCCCCC. The predicted octanol–water partition coefficient (Wildman–Crippen LogP) is 17.5. The molecule has 1 amide bonds. The Bertz CT molecular complexity index is 1390. The number of nitrogens with one attached hydrogen (secondary N) is 1. The van der Waals surface area contributed by atoms with Crippen LogP contribution in [0.1, 0.15) is 258 Å².